The first-order valence-corrected chi connectivity index (χ1v) is 8.57. The van der Waals surface area contributed by atoms with Gasteiger partial charge >= 0.3 is 0 Å². The van der Waals surface area contributed by atoms with E-state index in [9.17, 15) is 4.79 Å². The lowest BCUT2D eigenvalue weighted by Crippen LogP contribution is -2.49. The van der Waals surface area contributed by atoms with Crippen LogP contribution in [-0.4, -0.2) is 41.6 Å². The summed E-state index contributed by atoms with van der Waals surface area (Å²) in [5, 5.41) is 0. The van der Waals surface area contributed by atoms with Crippen LogP contribution in [0.3, 0.4) is 0 Å². The van der Waals surface area contributed by atoms with Gasteiger partial charge in [0.25, 0.3) is 5.91 Å². The Labute approximate surface area is 148 Å². The van der Waals surface area contributed by atoms with Crippen molar-refractivity contribution in [3.63, 3.8) is 0 Å². The SMILES string of the molecule is COC1(C)CCCN(C(=O)c2ccnc(OCc3ccccc3)c2)C1. The minimum Gasteiger partial charge on any atom is -0.473 e. The summed E-state index contributed by atoms with van der Waals surface area (Å²) in [7, 11) is 1.70. The van der Waals surface area contributed by atoms with Gasteiger partial charge in [0.2, 0.25) is 5.88 Å². The third-order valence-corrected chi connectivity index (χ3v) is 4.65. The molecule has 1 aliphatic rings. The van der Waals surface area contributed by atoms with Crippen molar-refractivity contribution in [2.45, 2.75) is 32.0 Å². The average Bonchev–Trinajstić information content (AvgIpc) is 2.67. The number of benzene rings is 1. The zero-order chi connectivity index (χ0) is 17.7. The number of amides is 1. The van der Waals surface area contributed by atoms with Crippen molar-refractivity contribution in [3.05, 3.63) is 59.8 Å². The Morgan fingerprint density at radius 3 is 2.84 bits per heavy atom. The largest absolute Gasteiger partial charge is 0.473 e. The van der Waals surface area contributed by atoms with E-state index in [1.165, 1.54) is 0 Å². The molecule has 2 aromatic rings. The summed E-state index contributed by atoms with van der Waals surface area (Å²) in [5.74, 6) is 0.455. The van der Waals surface area contributed by atoms with Crippen LogP contribution in [0.2, 0.25) is 0 Å². The molecule has 1 unspecified atom stereocenters. The van der Waals surface area contributed by atoms with Crippen molar-refractivity contribution in [1.82, 2.24) is 9.88 Å². The lowest BCUT2D eigenvalue weighted by Gasteiger charge is -2.39. The van der Waals surface area contributed by atoms with Crippen molar-refractivity contribution in [3.8, 4) is 5.88 Å². The number of carbonyl (C=O) groups excluding carboxylic acids is 1. The predicted molar refractivity (Wildman–Crippen MR) is 95.6 cm³/mol. The third kappa shape index (κ3) is 4.37. The van der Waals surface area contributed by atoms with Crippen LogP contribution in [0.25, 0.3) is 0 Å². The Kier molecular flexibility index (Phi) is 5.34. The molecule has 3 rings (SSSR count). The minimum absolute atomic E-state index is 0.00469. The third-order valence-electron chi connectivity index (χ3n) is 4.65. The normalized spacial score (nSPS) is 20.3. The van der Waals surface area contributed by atoms with Gasteiger partial charge in [0.05, 0.1) is 5.60 Å². The molecule has 5 nitrogen and oxygen atoms in total. The fourth-order valence-corrected chi connectivity index (χ4v) is 3.08. The molecule has 1 aromatic carbocycles. The van der Waals surface area contributed by atoms with Crippen LogP contribution in [0.1, 0.15) is 35.7 Å². The van der Waals surface area contributed by atoms with Crippen LogP contribution in [0, 0.1) is 0 Å². The number of ether oxygens (including phenoxy) is 2. The molecule has 0 bridgehead atoms. The van der Waals surface area contributed by atoms with Gasteiger partial charge in [-0.1, -0.05) is 30.3 Å². The molecule has 0 N–H and O–H groups in total. The molecule has 2 heterocycles. The van der Waals surface area contributed by atoms with Gasteiger partial charge in [-0.2, -0.15) is 0 Å². The summed E-state index contributed by atoms with van der Waals surface area (Å²) in [6.45, 7) is 3.83. The minimum atomic E-state index is -0.270. The number of methoxy groups -OCH3 is 1. The number of likely N-dealkylation sites (tertiary alicyclic amines) is 1. The number of pyridine rings is 1. The Morgan fingerprint density at radius 2 is 2.08 bits per heavy atom. The molecule has 1 atom stereocenters. The summed E-state index contributed by atoms with van der Waals surface area (Å²) < 4.78 is 11.3. The molecule has 0 radical (unpaired) electrons. The van der Waals surface area contributed by atoms with Crippen molar-refractivity contribution >= 4 is 5.91 Å². The summed E-state index contributed by atoms with van der Waals surface area (Å²) in [6, 6.07) is 13.3. The quantitative estimate of drug-likeness (QED) is 0.838. The number of nitrogens with zero attached hydrogens (tertiary/aromatic N) is 2. The molecular weight excluding hydrogens is 316 g/mol. The Bertz CT molecular complexity index is 720. The van der Waals surface area contributed by atoms with Gasteiger partial charge in [-0.25, -0.2) is 4.98 Å². The fourth-order valence-electron chi connectivity index (χ4n) is 3.08. The average molecular weight is 340 g/mol. The van der Waals surface area contributed by atoms with Crippen LogP contribution < -0.4 is 4.74 Å². The highest BCUT2D eigenvalue weighted by Gasteiger charge is 2.33. The lowest BCUT2D eigenvalue weighted by molar-refractivity contribution is -0.0440. The molecule has 1 amide bonds. The van der Waals surface area contributed by atoms with E-state index in [-0.39, 0.29) is 11.5 Å². The van der Waals surface area contributed by atoms with Crippen molar-refractivity contribution in [1.29, 1.82) is 0 Å². The molecule has 25 heavy (non-hydrogen) atoms. The van der Waals surface area contributed by atoms with Gasteiger partial charge < -0.3 is 14.4 Å². The van der Waals surface area contributed by atoms with Crippen LogP contribution in [-0.2, 0) is 11.3 Å². The monoisotopic (exact) mass is 340 g/mol. The Morgan fingerprint density at radius 1 is 1.28 bits per heavy atom. The molecule has 132 valence electrons. The number of rotatable bonds is 5. The number of hydrogen-bond donors (Lipinski definition) is 0. The van der Waals surface area contributed by atoms with Crippen molar-refractivity contribution in [2.75, 3.05) is 20.2 Å². The maximum absolute atomic E-state index is 12.8. The molecule has 0 aliphatic carbocycles. The van der Waals surface area contributed by atoms with E-state index in [1.807, 2.05) is 42.2 Å². The first-order chi connectivity index (χ1) is 12.1. The number of piperidine rings is 1. The molecule has 1 aromatic heterocycles. The first-order valence-electron chi connectivity index (χ1n) is 8.57. The molecule has 1 saturated heterocycles. The van der Waals surface area contributed by atoms with E-state index in [1.54, 1.807) is 25.4 Å². The molecule has 0 spiro atoms. The fraction of sp³-hybridized carbons (Fsp3) is 0.400. The smallest absolute Gasteiger partial charge is 0.254 e. The van der Waals surface area contributed by atoms with E-state index in [4.69, 9.17) is 9.47 Å². The summed E-state index contributed by atoms with van der Waals surface area (Å²) in [6.07, 6.45) is 3.53. The van der Waals surface area contributed by atoms with Crippen molar-refractivity contribution in [2.24, 2.45) is 0 Å². The van der Waals surface area contributed by atoms with Gasteiger partial charge in [-0.15, -0.1) is 0 Å². The second kappa shape index (κ2) is 7.66. The van der Waals surface area contributed by atoms with Crippen LogP contribution >= 0.6 is 0 Å². The van der Waals surface area contributed by atoms with E-state index >= 15 is 0 Å². The van der Waals surface area contributed by atoms with Crippen LogP contribution in [0.15, 0.2) is 48.7 Å². The molecule has 1 fully saturated rings. The highest BCUT2D eigenvalue weighted by molar-refractivity contribution is 5.94. The second-order valence-corrected chi connectivity index (χ2v) is 6.64. The van der Waals surface area contributed by atoms with E-state index in [0.717, 1.165) is 24.9 Å². The molecule has 0 saturated carbocycles. The lowest BCUT2D eigenvalue weighted by atomic mass is 9.94. The number of hydrogen-bond acceptors (Lipinski definition) is 4. The van der Waals surface area contributed by atoms with Gasteiger partial charge in [-0.05, 0) is 31.4 Å². The standard InChI is InChI=1S/C20H24N2O3/c1-20(24-2)10-6-12-22(15-20)19(23)17-9-11-21-18(13-17)25-14-16-7-4-3-5-8-16/h3-5,7-9,11,13H,6,10,12,14-15H2,1-2H3. The first kappa shape index (κ1) is 17.4. The topological polar surface area (TPSA) is 51.7 Å². The van der Waals surface area contributed by atoms with Crippen LogP contribution in [0.5, 0.6) is 5.88 Å². The van der Waals surface area contributed by atoms with Gasteiger partial charge in [-0.3, -0.25) is 4.79 Å². The van der Waals surface area contributed by atoms with Crippen LogP contribution in [0.4, 0.5) is 0 Å². The second-order valence-electron chi connectivity index (χ2n) is 6.64. The number of aromatic nitrogens is 1. The van der Waals surface area contributed by atoms with E-state index < -0.39 is 0 Å². The summed E-state index contributed by atoms with van der Waals surface area (Å²) in [5.41, 5.74) is 1.39. The zero-order valence-electron chi connectivity index (χ0n) is 14.8. The Balaban J connectivity index is 1.67. The molecular formula is C20H24N2O3. The summed E-state index contributed by atoms with van der Waals surface area (Å²) >= 11 is 0. The summed E-state index contributed by atoms with van der Waals surface area (Å²) in [4.78, 5) is 18.9. The van der Waals surface area contributed by atoms with Gasteiger partial charge in [0.1, 0.15) is 6.61 Å². The Hall–Kier alpha value is -2.40. The zero-order valence-corrected chi connectivity index (χ0v) is 14.8. The van der Waals surface area contributed by atoms with Gasteiger partial charge in [0.15, 0.2) is 0 Å². The highest BCUT2D eigenvalue weighted by atomic mass is 16.5. The maximum atomic E-state index is 12.8. The maximum Gasteiger partial charge on any atom is 0.254 e. The van der Waals surface area contributed by atoms with Gasteiger partial charge in [0, 0.05) is 38.0 Å². The van der Waals surface area contributed by atoms with Crippen molar-refractivity contribution < 1.29 is 14.3 Å². The van der Waals surface area contributed by atoms with E-state index in [0.29, 0.717) is 24.6 Å². The number of carbonyl (C=O) groups is 1. The highest BCUT2D eigenvalue weighted by Crippen LogP contribution is 2.25. The van der Waals surface area contributed by atoms with E-state index in [2.05, 4.69) is 4.98 Å². The molecule has 1 aliphatic heterocycles. The molecule has 5 heteroatoms. The predicted octanol–water partition coefficient (Wildman–Crippen LogP) is 3.30.